The van der Waals surface area contributed by atoms with Crippen LogP contribution in [0.5, 0.6) is 0 Å². The predicted molar refractivity (Wildman–Crippen MR) is 47.7 cm³/mol. The van der Waals surface area contributed by atoms with Crippen molar-refractivity contribution in [3.63, 3.8) is 0 Å². The molecule has 1 aliphatic rings. The first kappa shape index (κ1) is 9.71. The molecule has 0 aromatic heterocycles. The van der Waals surface area contributed by atoms with Crippen LogP contribution in [-0.4, -0.2) is 11.9 Å². The Morgan fingerprint density at radius 3 is 1.69 bits per heavy atom. The highest BCUT2D eigenvalue weighted by molar-refractivity contribution is 5.98. The van der Waals surface area contributed by atoms with Crippen molar-refractivity contribution in [2.75, 3.05) is 0 Å². The van der Waals surface area contributed by atoms with Gasteiger partial charge in [-0.05, 0) is 13.8 Å². The van der Waals surface area contributed by atoms with Gasteiger partial charge >= 0.3 is 11.9 Å². The zero-order valence-corrected chi connectivity index (χ0v) is 7.69. The number of rotatable bonds is 2. The Balaban J connectivity index is 2.89. The van der Waals surface area contributed by atoms with Gasteiger partial charge in [0.25, 0.3) is 0 Å². The second-order valence-electron chi connectivity index (χ2n) is 2.84. The number of carbonyl (C=O) groups excluding carboxylic acids is 2. The van der Waals surface area contributed by atoms with Crippen molar-refractivity contribution in [3.05, 3.63) is 24.3 Å². The number of allylic oxidation sites excluding steroid dienone is 2. The average Bonchev–Trinajstić information content (AvgIpc) is 2.33. The van der Waals surface area contributed by atoms with Gasteiger partial charge in [0, 0.05) is 0 Å². The van der Waals surface area contributed by atoms with E-state index in [-0.39, 0.29) is 0 Å². The van der Waals surface area contributed by atoms with E-state index < -0.39 is 23.8 Å². The molecule has 3 heteroatoms. The molecule has 1 saturated heterocycles. The van der Waals surface area contributed by atoms with Gasteiger partial charge in [-0.3, -0.25) is 9.59 Å². The van der Waals surface area contributed by atoms with E-state index in [1.54, 1.807) is 24.3 Å². The Morgan fingerprint density at radius 1 is 1.00 bits per heavy atom. The van der Waals surface area contributed by atoms with Crippen LogP contribution < -0.4 is 0 Å². The van der Waals surface area contributed by atoms with Gasteiger partial charge < -0.3 is 4.74 Å². The molecule has 0 aromatic rings. The molecule has 2 atom stereocenters. The largest absolute Gasteiger partial charge is 0.392 e. The van der Waals surface area contributed by atoms with Crippen molar-refractivity contribution >= 4 is 11.9 Å². The first-order valence-electron chi connectivity index (χ1n) is 4.22. The maximum atomic E-state index is 11.1. The van der Waals surface area contributed by atoms with Crippen LogP contribution in [0.4, 0.5) is 0 Å². The van der Waals surface area contributed by atoms with Crippen LogP contribution in [0.1, 0.15) is 13.8 Å². The fraction of sp³-hybridized carbons (Fsp3) is 0.400. The molecular formula is C10H12O3. The summed E-state index contributed by atoms with van der Waals surface area (Å²) in [6.07, 6.45) is 6.89. The molecule has 2 unspecified atom stereocenters. The number of cyclic esters (lactones) is 2. The lowest BCUT2D eigenvalue weighted by atomic mass is 9.94. The third kappa shape index (κ3) is 1.86. The fourth-order valence-electron chi connectivity index (χ4n) is 1.34. The Labute approximate surface area is 77.1 Å². The van der Waals surface area contributed by atoms with E-state index in [0.717, 1.165) is 0 Å². The monoisotopic (exact) mass is 180 g/mol. The molecule has 1 rings (SSSR count). The Morgan fingerprint density at radius 2 is 1.38 bits per heavy atom. The molecule has 0 saturated carbocycles. The maximum Gasteiger partial charge on any atom is 0.321 e. The van der Waals surface area contributed by atoms with Crippen molar-refractivity contribution < 1.29 is 14.3 Å². The summed E-state index contributed by atoms with van der Waals surface area (Å²) in [4.78, 5) is 22.3. The molecular weight excluding hydrogens is 168 g/mol. The van der Waals surface area contributed by atoms with Crippen LogP contribution in [0.25, 0.3) is 0 Å². The lowest BCUT2D eigenvalue weighted by Crippen LogP contribution is -2.12. The van der Waals surface area contributed by atoms with E-state index in [1.165, 1.54) is 0 Å². The minimum Gasteiger partial charge on any atom is -0.392 e. The van der Waals surface area contributed by atoms with Crippen LogP contribution in [0, 0.1) is 11.8 Å². The molecule has 0 bridgehead atoms. The van der Waals surface area contributed by atoms with Crippen molar-refractivity contribution in [1.82, 2.24) is 0 Å². The van der Waals surface area contributed by atoms with E-state index in [2.05, 4.69) is 4.74 Å². The summed E-state index contributed by atoms with van der Waals surface area (Å²) >= 11 is 0. The van der Waals surface area contributed by atoms with Crippen LogP contribution in [0.2, 0.25) is 0 Å². The van der Waals surface area contributed by atoms with E-state index in [0.29, 0.717) is 0 Å². The summed E-state index contributed by atoms with van der Waals surface area (Å²) < 4.78 is 4.51. The summed E-state index contributed by atoms with van der Waals surface area (Å²) in [5, 5.41) is 0. The van der Waals surface area contributed by atoms with Gasteiger partial charge in [0.2, 0.25) is 0 Å². The van der Waals surface area contributed by atoms with E-state index in [1.807, 2.05) is 13.8 Å². The van der Waals surface area contributed by atoms with Crippen LogP contribution in [-0.2, 0) is 14.3 Å². The number of hydrogen-bond acceptors (Lipinski definition) is 3. The van der Waals surface area contributed by atoms with Crippen molar-refractivity contribution in [3.8, 4) is 0 Å². The summed E-state index contributed by atoms with van der Waals surface area (Å²) in [5.74, 6) is -1.78. The minimum absolute atomic E-state index is 0.436. The standard InChI is InChI=1S/C10H12O3/c1-3-5-7-8(6-4-2)10(12)13-9(7)11/h3-8H,1-2H3. The number of esters is 2. The lowest BCUT2D eigenvalue weighted by molar-refractivity contribution is -0.153. The Bertz CT molecular complexity index is 248. The third-order valence-electron chi connectivity index (χ3n) is 1.93. The number of carbonyl (C=O) groups is 2. The second kappa shape index (κ2) is 4.03. The molecule has 1 aliphatic heterocycles. The third-order valence-corrected chi connectivity index (χ3v) is 1.93. The fourth-order valence-corrected chi connectivity index (χ4v) is 1.34. The van der Waals surface area contributed by atoms with Gasteiger partial charge in [0.15, 0.2) is 0 Å². The van der Waals surface area contributed by atoms with E-state index in [9.17, 15) is 9.59 Å². The highest BCUT2D eigenvalue weighted by atomic mass is 16.6. The molecule has 0 amide bonds. The zero-order chi connectivity index (χ0) is 9.84. The highest BCUT2D eigenvalue weighted by Crippen LogP contribution is 2.25. The molecule has 70 valence electrons. The molecule has 1 fully saturated rings. The Hall–Kier alpha value is -1.38. The average molecular weight is 180 g/mol. The maximum absolute atomic E-state index is 11.1. The topological polar surface area (TPSA) is 43.4 Å². The summed E-state index contributed by atoms with van der Waals surface area (Å²) in [6.45, 7) is 3.62. The van der Waals surface area contributed by atoms with Crippen LogP contribution in [0.15, 0.2) is 24.3 Å². The predicted octanol–water partition coefficient (Wildman–Crippen LogP) is 1.45. The summed E-state index contributed by atoms with van der Waals surface area (Å²) in [6, 6.07) is 0. The van der Waals surface area contributed by atoms with Gasteiger partial charge in [-0.1, -0.05) is 24.3 Å². The van der Waals surface area contributed by atoms with E-state index >= 15 is 0 Å². The molecule has 0 N–H and O–H groups in total. The van der Waals surface area contributed by atoms with E-state index in [4.69, 9.17) is 0 Å². The SMILES string of the molecule is CC=CC1C(=O)OC(=O)C1C=CC. The molecule has 0 radical (unpaired) electrons. The minimum atomic E-state index is -0.453. The van der Waals surface area contributed by atoms with Crippen LogP contribution in [0.3, 0.4) is 0 Å². The highest BCUT2D eigenvalue weighted by Gasteiger charge is 2.40. The van der Waals surface area contributed by atoms with Gasteiger partial charge in [-0.2, -0.15) is 0 Å². The van der Waals surface area contributed by atoms with Crippen molar-refractivity contribution in [2.45, 2.75) is 13.8 Å². The normalized spacial score (nSPS) is 29.1. The molecule has 13 heavy (non-hydrogen) atoms. The molecule has 0 aliphatic carbocycles. The molecule has 0 aromatic carbocycles. The summed E-state index contributed by atoms with van der Waals surface area (Å²) in [5.41, 5.74) is 0. The molecule has 3 nitrogen and oxygen atoms in total. The van der Waals surface area contributed by atoms with Crippen LogP contribution >= 0.6 is 0 Å². The smallest absolute Gasteiger partial charge is 0.321 e. The van der Waals surface area contributed by atoms with Crippen molar-refractivity contribution in [2.24, 2.45) is 11.8 Å². The first-order chi connectivity index (χ1) is 6.20. The zero-order valence-electron chi connectivity index (χ0n) is 7.69. The van der Waals surface area contributed by atoms with Gasteiger partial charge in [0.1, 0.15) is 0 Å². The lowest BCUT2D eigenvalue weighted by Gasteiger charge is -2.02. The van der Waals surface area contributed by atoms with Gasteiger partial charge in [0.05, 0.1) is 11.8 Å². The first-order valence-corrected chi connectivity index (χ1v) is 4.22. The van der Waals surface area contributed by atoms with Gasteiger partial charge in [-0.25, -0.2) is 0 Å². The molecule has 0 spiro atoms. The number of ether oxygens (including phenoxy) is 1. The second-order valence-corrected chi connectivity index (χ2v) is 2.84. The molecule has 1 heterocycles. The quantitative estimate of drug-likeness (QED) is 0.367. The van der Waals surface area contributed by atoms with Crippen molar-refractivity contribution in [1.29, 1.82) is 0 Å². The Kier molecular flexibility index (Phi) is 3.01. The number of hydrogen-bond donors (Lipinski definition) is 0. The van der Waals surface area contributed by atoms with Gasteiger partial charge in [-0.15, -0.1) is 0 Å². The summed E-state index contributed by atoms with van der Waals surface area (Å²) in [7, 11) is 0.